The van der Waals surface area contributed by atoms with Crippen LogP contribution in [-0.2, 0) is 6.54 Å². The molecule has 0 amide bonds. The van der Waals surface area contributed by atoms with Gasteiger partial charge in [-0.05, 0) is 38.1 Å². The van der Waals surface area contributed by atoms with E-state index in [9.17, 15) is 9.90 Å². The number of ether oxygens (including phenoxy) is 1. The van der Waals surface area contributed by atoms with Gasteiger partial charge in [0.05, 0.1) is 17.4 Å². The standard InChI is InChI=1S/C19H20N2O3/c1-13-7-9-16(10-8-13)24-12-15(22)11-21-14(2)20-18-6-4-3-5-17(18)19(21)23/h3-10,15,22H,11-12H2,1-2H3. The van der Waals surface area contributed by atoms with E-state index in [0.29, 0.717) is 22.5 Å². The molecule has 0 fully saturated rings. The number of benzene rings is 2. The van der Waals surface area contributed by atoms with Gasteiger partial charge in [0.25, 0.3) is 5.56 Å². The highest BCUT2D eigenvalue weighted by molar-refractivity contribution is 5.77. The first kappa shape index (κ1) is 16.2. The van der Waals surface area contributed by atoms with Crippen LogP contribution in [0.4, 0.5) is 0 Å². The summed E-state index contributed by atoms with van der Waals surface area (Å²) in [6.07, 6.45) is -0.800. The molecule has 24 heavy (non-hydrogen) atoms. The van der Waals surface area contributed by atoms with E-state index in [0.717, 1.165) is 5.56 Å². The summed E-state index contributed by atoms with van der Waals surface area (Å²) in [5, 5.41) is 10.8. The molecule has 0 aliphatic heterocycles. The Labute approximate surface area is 140 Å². The van der Waals surface area contributed by atoms with E-state index in [4.69, 9.17) is 4.74 Å². The summed E-state index contributed by atoms with van der Waals surface area (Å²) in [6.45, 7) is 4.03. The first-order valence-electron chi connectivity index (χ1n) is 7.88. The fourth-order valence-corrected chi connectivity index (χ4v) is 2.58. The molecule has 1 unspecified atom stereocenters. The lowest BCUT2D eigenvalue weighted by molar-refractivity contribution is 0.0909. The number of aliphatic hydroxyl groups is 1. The monoisotopic (exact) mass is 324 g/mol. The van der Waals surface area contributed by atoms with Crippen molar-refractivity contribution in [3.8, 4) is 5.75 Å². The maximum absolute atomic E-state index is 12.6. The zero-order chi connectivity index (χ0) is 17.1. The molecule has 1 atom stereocenters. The Balaban J connectivity index is 1.74. The molecule has 0 aliphatic carbocycles. The molecule has 5 nitrogen and oxygen atoms in total. The van der Waals surface area contributed by atoms with Crippen LogP contribution in [0.2, 0.25) is 0 Å². The molecule has 0 bridgehead atoms. The smallest absolute Gasteiger partial charge is 0.261 e. The van der Waals surface area contributed by atoms with E-state index in [-0.39, 0.29) is 18.7 Å². The van der Waals surface area contributed by atoms with E-state index in [2.05, 4.69) is 4.98 Å². The van der Waals surface area contributed by atoms with Crippen LogP contribution in [0.15, 0.2) is 53.3 Å². The van der Waals surface area contributed by atoms with Crippen LogP contribution >= 0.6 is 0 Å². The molecule has 0 saturated heterocycles. The SMILES string of the molecule is Cc1ccc(OCC(O)Cn2c(C)nc3ccccc3c2=O)cc1. The van der Waals surface area contributed by atoms with Gasteiger partial charge in [0.1, 0.15) is 24.3 Å². The molecule has 0 saturated carbocycles. The third kappa shape index (κ3) is 3.46. The minimum Gasteiger partial charge on any atom is -0.491 e. The van der Waals surface area contributed by atoms with Gasteiger partial charge in [0, 0.05) is 0 Å². The summed E-state index contributed by atoms with van der Waals surface area (Å²) in [6, 6.07) is 14.8. The fraction of sp³-hybridized carbons (Fsp3) is 0.263. The first-order valence-corrected chi connectivity index (χ1v) is 7.88. The van der Waals surface area contributed by atoms with Crippen LogP contribution in [0.1, 0.15) is 11.4 Å². The van der Waals surface area contributed by atoms with Gasteiger partial charge in [0.2, 0.25) is 0 Å². The van der Waals surface area contributed by atoms with Gasteiger partial charge in [-0.15, -0.1) is 0 Å². The summed E-state index contributed by atoms with van der Waals surface area (Å²) in [7, 11) is 0. The normalized spacial score (nSPS) is 12.3. The number of hydrogen-bond donors (Lipinski definition) is 1. The Morgan fingerprint density at radius 3 is 2.58 bits per heavy atom. The van der Waals surface area contributed by atoms with Gasteiger partial charge in [-0.3, -0.25) is 9.36 Å². The van der Waals surface area contributed by atoms with Crippen molar-refractivity contribution < 1.29 is 9.84 Å². The Morgan fingerprint density at radius 2 is 1.83 bits per heavy atom. The van der Waals surface area contributed by atoms with Crippen molar-refractivity contribution in [1.82, 2.24) is 9.55 Å². The second-order valence-corrected chi connectivity index (χ2v) is 5.87. The highest BCUT2D eigenvalue weighted by Gasteiger charge is 2.12. The molecule has 124 valence electrons. The highest BCUT2D eigenvalue weighted by Crippen LogP contribution is 2.12. The predicted molar refractivity (Wildman–Crippen MR) is 93.4 cm³/mol. The van der Waals surface area contributed by atoms with Crippen LogP contribution in [-0.4, -0.2) is 27.4 Å². The molecule has 1 heterocycles. The van der Waals surface area contributed by atoms with Gasteiger partial charge in [-0.25, -0.2) is 4.98 Å². The summed E-state index contributed by atoms with van der Waals surface area (Å²) < 4.78 is 7.07. The van der Waals surface area contributed by atoms with Crippen molar-refractivity contribution in [3.05, 3.63) is 70.3 Å². The zero-order valence-corrected chi connectivity index (χ0v) is 13.8. The topological polar surface area (TPSA) is 64.3 Å². The quantitative estimate of drug-likeness (QED) is 0.783. The predicted octanol–water partition coefficient (Wildman–Crippen LogP) is 2.45. The average Bonchev–Trinajstić information content (AvgIpc) is 2.58. The molecular formula is C19H20N2O3. The van der Waals surface area contributed by atoms with E-state index < -0.39 is 6.10 Å². The largest absolute Gasteiger partial charge is 0.491 e. The number of aromatic nitrogens is 2. The van der Waals surface area contributed by atoms with Crippen LogP contribution in [0, 0.1) is 13.8 Å². The Kier molecular flexibility index (Phi) is 4.62. The molecule has 1 aromatic heterocycles. The maximum atomic E-state index is 12.6. The summed E-state index contributed by atoms with van der Waals surface area (Å²) >= 11 is 0. The van der Waals surface area contributed by atoms with Gasteiger partial charge in [0.15, 0.2) is 0 Å². The van der Waals surface area contributed by atoms with Crippen LogP contribution in [0.5, 0.6) is 5.75 Å². The molecule has 0 aliphatic rings. The Bertz CT molecular complexity index is 901. The van der Waals surface area contributed by atoms with E-state index >= 15 is 0 Å². The van der Waals surface area contributed by atoms with Gasteiger partial charge in [-0.1, -0.05) is 29.8 Å². The highest BCUT2D eigenvalue weighted by atomic mass is 16.5. The van der Waals surface area contributed by atoms with Crippen molar-refractivity contribution in [2.75, 3.05) is 6.61 Å². The third-order valence-corrected chi connectivity index (χ3v) is 3.91. The van der Waals surface area contributed by atoms with E-state index in [1.54, 1.807) is 13.0 Å². The van der Waals surface area contributed by atoms with Gasteiger partial charge in [-0.2, -0.15) is 0 Å². The number of aliphatic hydroxyl groups excluding tert-OH is 1. The second kappa shape index (κ2) is 6.84. The van der Waals surface area contributed by atoms with Crippen LogP contribution < -0.4 is 10.3 Å². The Morgan fingerprint density at radius 1 is 1.12 bits per heavy atom. The van der Waals surface area contributed by atoms with E-state index in [1.165, 1.54) is 4.57 Å². The number of aryl methyl sites for hydroxylation is 2. The lowest BCUT2D eigenvalue weighted by atomic mass is 10.2. The molecular weight excluding hydrogens is 304 g/mol. The van der Waals surface area contributed by atoms with Crippen molar-refractivity contribution in [1.29, 1.82) is 0 Å². The van der Waals surface area contributed by atoms with Crippen molar-refractivity contribution in [3.63, 3.8) is 0 Å². The van der Waals surface area contributed by atoms with Crippen LogP contribution in [0.3, 0.4) is 0 Å². The van der Waals surface area contributed by atoms with E-state index in [1.807, 2.05) is 49.4 Å². The second-order valence-electron chi connectivity index (χ2n) is 5.87. The lowest BCUT2D eigenvalue weighted by Gasteiger charge is -2.16. The minimum absolute atomic E-state index is 0.113. The Hall–Kier alpha value is -2.66. The molecule has 0 radical (unpaired) electrons. The molecule has 2 aromatic carbocycles. The minimum atomic E-state index is -0.800. The van der Waals surface area contributed by atoms with Crippen molar-refractivity contribution in [2.24, 2.45) is 0 Å². The molecule has 3 rings (SSSR count). The van der Waals surface area contributed by atoms with Crippen molar-refractivity contribution >= 4 is 10.9 Å². The zero-order valence-electron chi connectivity index (χ0n) is 13.8. The summed E-state index contributed by atoms with van der Waals surface area (Å²) in [5.74, 6) is 1.27. The lowest BCUT2D eigenvalue weighted by Crippen LogP contribution is -2.32. The summed E-state index contributed by atoms with van der Waals surface area (Å²) in [4.78, 5) is 17.0. The first-order chi connectivity index (χ1) is 11.5. The number of para-hydroxylation sites is 1. The maximum Gasteiger partial charge on any atom is 0.261 e. The van der Waals surface area contributed by atoms with Gasteiger partial charge < -0.3 is 9.84 Å². The number of rotatable bonds is 5. The fourth-order valence-electron chi connectivity index (χ4n) is 2.58. The van der Waals surface area contributed by atoms with Gasteiger partial charge >= 0.3 is 0 Å². The van der Waals surface area contributed by atoms with Crippen LogP contribution in [0.25, 0.3) is 10.9 Å². The average molecular weight is 324 g/mol. The number of hydrogen-bond acceptors (Lipinski definition) is 4. The molecule has 5 heteroatoms. The number of fused-ring (bicyclic) bond motifs is 1. The molecule has 3 aromatic rings. The third-order valence-electron chi connectivity index (χ3n) is 3.91. The summed E-state index contributed by atoms with van der Waals surface area (Å²) in [5.41, 5.74) is 1.67. The van der Waals surface area contributed by atoms with Crippen molar-refractivity contribution in [2.45, 2.75) is 26.5 Å². The molecule has 1 N–H and O–H groups in total. The number of nitrogens with zero attached hydrogens (tertiary/aromatic N) is 2. The molecule has 0 spiro atoms.